The molecule has 0 saturated heterocycles. The number of para-hydroxylation sites is 2. The monoisotopic (exact) mass is 375 g/mol. The fraction of sp³-hybridized carbons (Fsp3) is 0.222. The fourth-order valence-electron chi connectivity index (χ4n) is 2.99. The van der Waals surface area contributed by atoms with E-state index in [0.29, 0.717) is 6.54 Å². The number of aromatic nitrogens is 3. The van der Waals surface area contributed by atoms with Crippen LogP contribution in [-0.4, -0.2) is 33.8 Å². The van der Waals surface area contributed by atoms with Crippen LogP contribution in [0.25, 0.3) is 5.69 Å². The summed E-state index contributed by atoms with van der Waals surface area (Å²) in [5, 5.41) is 5.43. The molecule has 0 saturated carbocycles. The van der Waals surface area contributed by atoms with E-state index in [1.807, 2.05) is 55.2 Å². The molecule has 0 radical (unpaired) electrons. The van der Waals surface area contributed by atoms with E-state index in [1.54, 1.807) is 0 Å². The number of rotatable bonds is 3. The standard InChI is InChI=1S/C18H18ClN5.ClH/c1-22(2)11-17-20-18-12-23(14-9-7-13(19)8-10-14)15-5-3-4-6-16(15)24(18)21-17;/h3-10H,11-12H2,1-2H3;1H. The summed E-state index contributed by atoms with van der Waals surface area (Å²) in [5.74, 6) is 1.78. The fourth-order valence-corrected chi connectivity index (χ4v) is 3.11. The third-order valence-corrected chi connectivity index (χ3v) is 4.27. The lowest BCUT2D eigenvalue weighted by Crippen LogP contribution is -2.25. The zero-order valence-corrected chi connectivity index (χ0v) is 15.6. The molecule has 0 N–H and O–H groups in total. The third-order valence-electron chi connectivity index (χ3n) is 4.01. The molecule has 1 aliphatic heterocycles. The van der Waals surface area contributed by atoms with E-state index >= 15 is 0 Å². The molecule has 4 rings (SSSR count). The maximum atomic E-state index is 6.03. The first-order valence-electron chi connectivity index (χ1n) is 7.84. The molecule has 0 bridgehead atoms. The Labute approximate surface area is 158 Å². The summed E-state index contributed by atoms with van der Waals surface area (Å²) in [5.41, 5.74) is 3.26. The topological polar surface area (TPSA) is 37.2 Å². The molecule has 2 aromatic carbocycles. The summed E-state index contributed by atoms with van der Waals surface area (Å²) >= 11 is 6.03. The number of hydrogen-bond donors (Lipinski definition) is 0. The van der Waals surface area contributed by atoms with Gasteiger partial charge in [-0.1, -0.05) is 23.7 Å². The van der Waals surface area contributed by atoms with Crippen molar-refractivity contribution in [1.29, 1.82) is 0 Å². The number of nitrogens with zero attached hydrogens (tertiary/aromatic N) is 5. The Morgan fingerprint density at radius 2 is 1.72 bits per heavy atom. The number of fused-ring (bicyclic) bond motifs is 3. The zero-order valence-electron chi connectivity index (χ0n) is 14.1. The lowest BCUT2D eigenvalue weighted by atomic mass is 10.1. The molecule has 3 aromatic rings. The first kappa shape index (κ1) is 17.7. The van der Waals surface area contributed by atoms with Crippen LogP contribution in [-0.2, 0) is 13.1 Å². The minimum atomic E-state index is 0. The van der Waals surface area contributed by atoms with E-state index in [-0.39, 0.29) is 12.4 Å². The van der Waals surface area contributed by atoms with Crippen LogP contribution in [0.2, 0.25) is 5.02 Å². The summed E-state index contributed by atoms with van der Waals surface area (Å²) in [6.07, 6.45) is 0. The normalized spacial score (nSPS) is 12.6. The molecule has 2 heterocycles. The van der Waals surface area contributed by atoms with Crippen molar-refractivity contribution in [3.63, 3.8) is 0 Å². The SMILES string of the molecule is CN(C)Cc1nc2n(n1)-c1ccccc1N(c1ccc(Cl)cc1)C2.Cl. The van der Waals surface area contributed by atoms with Gasteiger partial charge in [0.15, 0.2) is 11.6 Å². The van der Waals surface area contributed by atoms with Gasteiger partial charge in [0.25, 0.3) is 0 Å². The maximum Gasteiger partial charge on any atom is 0.165 e. The predicted octanol–water partition coefficient (Wildman–Crippen LogP) is 4.06. The highest BCUT2D eigenvalue weighted by atomic mass is 35.5. The van der Waals surface area contributed by atoms with Crippen molar-refractivity contribution in [1.82, 2.24) is 19.7 Å². The molecule has 0 spiro atoms. The van der Waals surface area contributed by atoms with Crippen molar-refractivity contribution >= 4 is 35.4 Å². The van der Waals surface area contributed by atoms with E-state index in [4.69, 9.17) is 21.7 Å². The lowest BCUT2D eigenvalue weighted by molar-refractivity contribution is 0.390. The van der Waals surface area contributed by atoms with E-state index in [2.05, 4.69) is 21.9 Å². The van der Waals surface area contributed by atoms with Crippen molar-refractivity contribution < 1.29 is 0 Å². The molecule has 0 aliphatic carbocycles. The highest BCUT2D eigenvalue weighted by Gasteiger charge is 2.25. The van der Waals surface area contributed by atoms with Crippen LogP contribution >= 0.6 is 24.0 Å². The molecule has 25 heavy (non-hydrogen) atoms. The zero-order chi connectivity index (χ0) is 16.7. The molecule has 5 nitrogen and oxygen atoms in total. The molecule has 1 aliphatic rings. The molecule has 0 unspecified atom stereocenters. The van der Waals surface area contributed by atoms with Crippen LogP contribution in [0.5, 0.6) is 0 Å². The van der Waals surface area contributed by atoms with E-state index in [9.17, 15) is 0 Å². The second-order valence-corrected chi connectivity index (χ2v) is 6.58. The third kappa shape index (κ3) is 3.35. The van der Waals surface area contributed by atoms with E-state index in [0.717, 1.165) is 40.3 Å². The molecule has 0 fully saturated rings. The summed E-state index contributed by atoms with van der Waals surface area (Å²) < 4.78 is 1.96. The van der Waals surface area contributed by atoms with Gasteiger partial charge in [-0.25, -0.2) is 9.67 Å². The molecular weight excluding hydrogens is 357 g/mol. The van der Waals surface area contributed by atoms with Crippen LogP contribution in [0.1, 0.15) is 11.6 Å². The van der Waals surface area contributed by atoms with Crippen molar-refractivity contribution in [3.8, 4) is 5.69 Å². The van der Waals surface area contributed by atoms with Crippen LogP contribution < -0.4 is 4.90 Å². The van der Waals surface area contributed by atoms with Gasteiger partial charge in [0, 0.05) is 10.7 Å². The van der Waals surface area contributed by atoms with Gasteiger partial charge < -0.3 is 9.80 Å². The van der Waals surface area contributed by atoms with Crippen LogP contribution in [0.4, 0.5) is 11.4 Å². The molecular formula is C18H19Cl2N5. The van der Waals surface area contributed by atoms with Gasteiger partial charge in [-0.3, -0.25) is 0 Å². The second-order valence-electron chi connectivity index (χ2n) is 6.15. The van der Waals surface area contributed by atoms with Crippen LogP contribution in [0.3, 0.4) is 0 Å². The lowest BCUT2D eigenvalue weighted by Gasteiger charge is -2.30. The quantitative estimate of drug-likeness (QED) is 0.691. The number of hydrogen-bond acceptors (Lipinski definition) is 4. The van der Waals surface area contributed by atoms with Gasteiger partial charge in [0.2, 0.25) is 0 Å². The number of benzene rings is 2. The van der Waals surface area contributed by atoms with Gasteiger partial charge in [-0.15, -0.1) is 17.5 Å². The van der Waals surface area contributed by atoms with Gasteiger partial charge in [-0.05, 0) is 50.5 Å². The molecule has 0 amide bonds. The average Bonchev–Trinajstić information content (AvgIpc) is 2.97. The largest absolute Gasteiger partial charge is 0.332 e. The summed E-state index contributed by atoms with van der Waals surface area (Å²) in [6.45, 7) is 1.40. The molecule has 0 atom stereocenters. The highest BCUT2D eigenvalue weighted by molar-refractivity contribution is 6.30. The van der Waals surface area contributed by atoms with Gasteiger partial charge in [0.05, 0.1) is 24.5 Å². The van der Waals surface area contributed by atoms with Crippen molar-refractivity contribution in [2.45, 2.75) is 13.1 Å². The van der Waals surface area contributed by atoms with Gasteiger partial charge >= 0.3 is 0 Å². The van der Waals surface area contributed by atoms with Crippen LogP contribution in [0.15, 0.2) is 48.5 Å². The van der Waals surface area contributed by atoms with E-state index in [1.165, 1.54) is 0 Å². The van der Waals surface area contributed by atoms with Gasteiger partial charge in [0.1, 0.15) is 0 Å². The summed E-state index contributed by atoms with van der Waals surface area (Å²) in [4.78, 5) is 9.04. The Morgan fingerprint density at radius 1 is 1.04 bits per heavy atom. The smallest absolute Gasteiger partial charge is 0.165 e. The minimum Gasteiger partial charge on any atom is -0.332 e. The minimum absolute atomic E-state index is 0. The van der Waals surface area contributed by atoms with E-state index < -0.39 is 0 Å². The highest BCUT2D eigenvalue weighted by Crippen LogP contribution is 2.36. The summed E-state index contributed by atoms with van der Waals surface area (Å²) in [6, 6.07) is 16.2. The molecule has 130 valence electrons. The van der Waals surface area contributed by atoms with Gasteiger partial charge in [-0.2, -0.15) is 0 Å². The summed E-state index contributed by atoms with van der Waals surface area (Å²) in [7, 11) is 4.04. The Bertz CT molecular complexity index is 873. The molecule has 1 aromatic heterocycles. The molecule has 7 heteroatoms. The van der Waals surface area contributed by atoms with Crippen molar-refractivity contribution in [2.75, 3.05) is 19.0 Å². The Morgan fingerprint density at radius 3 is 2.40 bits per heavy atom. The first-order chi connectivity index (χ1) is 11.6. The average molecular weight is 376 g/mol. The Kier molecular flexibility index (Phi) is 4.99. The number of anilines is 2. The first-order valence-corrected chi connectivity index (χ1v) is 8.21. The Balaban J connectivity index is 0.00000182. The second kappa shape index (κ2) is 7.04. The number of halogens is 2. The van der Waals surface area contributed by atoms with Crippen LogP contribution in [0, 0.1) is 0 Å². The van der Waals surface area contributed by atoms with Crippen molar-refractivity contribution in [2.24, 2.45) is 0 Å². The predicted molar refractivity (Wildman–Crippen MR) is 103 cm³/mol. The Hall–Kier alpha value is -2.08. The maximum absolute atomic E-state index is 6.03. The van der Waals surface area contributed by atoms with Crippen molar-refractivity contribution in [3.05, 3.63) is 65.2 Å².